The molecule has 0 aromatic carbocycles. The van der Waals surface area contributed by atoms with Gasteiger partial charge in [0.1, 0.15) is 11.5 Å². The summed E-state index contributed by atoms with van der Waals surface area (Å²) in [5.74, 6) is 0.659. The van der Waals surface area contributed by atoms with Crippen LogP contribution in [-0.2, 0) is 4.79 Å². The van der Waals surface area contributed by atoms with E-state index in [1.807, 2.05) is 26.0 Å². The molecule has 0 aliphatic heterocycles. The fourth-order valence-corrected chi connectivity index (χ4v) is 1.14. The summed E-state index contributed by atoms with van der Waals surface area (Å²) in [6.07, 6.45) is 0. The van der Waals surface area contributed by atoms with E-state index in [-0.39, 0.29) is 18.2 Å². The lowest BCUT2D eigenvalue weighted by Gasteiger charge is -2.10. The number of carboxylic acids is 1. The highest BCUT2D eigenvalue weighted by molar-refractivity contribution is 5.86. The van der Waals surface area contributed by atoms with E-state index < -0.39 is 5.97 Å². The van der Waals surface area contributed by atoms with E-state index in [1.54, 1.807) is 0 Å². The van der Waals surface area contributed by atoms with E-state index in [0.29, 0.717) is 0 Å². The maximum Gasteiger partial charge on any atom is 0.332 e. The fourth-order valence-electron chi connectivity index (χ4n) is 1.14. The summed E-state index contributed by atoms with van der Waals surface area (Å²) in [6, 6.07) is 3.73. The summed E-state index contributed by atoms with van der Waals surface area (Å²) in [7, 11) is 0. The molecule has 15 heavy (non-hydrogen) atoms. The highest BCUT2D eigenvalue weighted by Gasteiger charge is 2.10. The molecule has 0 fully saturated rings. The number of furan rings is 1. The van der Waals surface area contributed by atoms with Crippen LogP contribution in [0.3, 0.4) is 0 Å². The van der Waals surface area contributed by atoms with Crippen LogP contribution in [0.4, 0.5) is 0 Å². The van der Waals surface area contributed by atoms with Crippen molar-refractivity contribution < 1.29 is 14.3 Å². The SMILES string of the molecule is C=C(CNC(C)c1ccc(C)o1)C(=O)O. The van der Waals surface area contributed by atoms with E-state index in [4.69, 9.17) is 9.52 Å². The number of rotatable bonds is 5. The Morgan fingerprint density at radius 2 is 2.33 bits per heavy atom. The lowest BCUT2D eigenvalue weighted by Crippen LogP contribution is -2.23. The van der Waals surface area contributed by atoms with Crippen molar-refractivity contribution in [1.82, 2.24) is 5.32 Å². The molecule has 4 heteroatoms. The molecule has 1 unspecified atom stereocenters. The maximum absolute atomic E-state index is 10.5. The highest BCUT2D eigenvalue weighted by Crippen LogP contribution is 2.15. The average molecular weight is 209 g/mol. The number of aryl methyl sites for hydroxylation is 1. The third-order valence-corrected chi connectivity index (χ3v) is 2.11. The summed E-state index contributed by atoms with van der Waals surface area (Å²) in [5, 5.41) is 11.6. The minimum atomic E-state index is -0.981. The number of carboxylic acid groups (broad SMARTS) is 1. The van der Waals surface area contributed by atoms with Gasteiger partial charge in [-0.25, -0.2) is 4.79 Å². The number of aliphatic carboxylic acids is 1. The first kappa shape index (κ1) is 11.5. The van der Waals surface area contributed by atoms with Crippen LogP contribution in [0.5, 0.6) is 0 Å². The summed E-state index contributed by atoms with van der Waals surface area (Å²) in [5.41, 5.74) is 0.144. The maximum atomic E-state index is 10.5. The Morgan fingerprint density at radius 1 is 1.67 bits per heavy atom. The van der Waals surface area contributed by atoms with Gasteiger partial charge in [0.05, 0.1) is 6.04 Å². The Bertz CT molecular complexity index is 368. The molecule has 0 radical (unpaired) electrons. The predicted octanol–water partition coefficient (Wildman–Crippen LogP) is 1.88. The summed E-state index contributed by atoms with van der Waals surface area (Å²) >= 11 is 0. The van der Waals surface area contributed by atoms with E-state index in [1.165, 1.54) is 0 Å². The molecule has 1 aromatic heterocycles. The Labute approximate surface area is 88.6 Å². The fraction of sp³-hybridized carbons (Fsp3) is 0.364. The summed E-state index contributed by atoms with van der Waals surface area (Å²) < 4.78 is 5.40. The van der Waals surface area contributed by atoms with Crippen molar-refractivity contribution in [2.45, 2.75) is 19.9 Å². The zero-order chi connectivity index (χ0) is 11.4. The second kappa shape index (κ2) is 4.79. The molecule has 0 aliphatic rings. The normalized spacial score (nSPS) is 12.4. The zero-order valence-electron chi connectivity index (χ0n) is 8.91. The van der Waals surface area contributed by atoms with E-state index in [2.05, 4.69) is 11.9 Å². The van der Waals surface area contributed by atoms with Gasteiger partial charge in [0.2, 0.25) is 0 Å². The number of hydrogen-bond donors (Lipinski definition) is 2. The molecule has 0 bridgehead atoms. The van der Waals surface area contributed by atoms with Crippen molar-refractivity contribution in [3.8, 4) is 0 Å². The summed E-state index contributed by atoms with van der Waals surface area (Å²) in [6.45, 7) is 7.46. The first-order valence-electron chi connectivity index (χ1n) is 4.71. The third-order valence-electron chi connectivity index (χ3n) is 2.11. The Kier molecular flexibility index (Phi) is 3.68. The quantitative estimate of drug-likeness (QED) is 0.727. The van der Waals surface area contributed by atoms with Crippen LogP contribution in [0.15, 0.2) is 28.7 Å². The molecule has 1 heterocycles. The van der Waals surface area contributed by atoms with Crippen molar-refractivity contribution >= 4 is 5.97 Å². The Morgan fingerprint density at radius 3 is 2.80 bits per heavy atom. The van der Waals surface area contributed by atoms with Crippen LogP contribution in [-0.4, -0.2) is 17.6 Å². The molecule has 4 nitrogen and oxygen atoms in total. The highest BCUT2D eigenvalue weighted by atomic mass is 16.4. The molecule has 2 N–H and O–H groups in total. The topological polar surface area (TPSA) is 62.5 Å². The van der Waals surface area contributed by atoms with Gasteiger partial charge in [0.25, 0.3) is 0 Å². The largest absolute Gasteiger partial charge is 0.478 e. The van der Waals surface area contributed by atoms with Crippen molar-refractivity contribution in [3.63, 3.8) is 0 Å². The Balaban J connectivity index is 2.46. The standard InChI is InChI=1S/C11H15NO3/c1-7(11(13)14)6-12-9(3)10-5-4-8(2)15-10/h4-5,9,12H,1,6H2,2-3H3,(H,13,14). The van der Waals surface area contributed by atoms with Crippen molar-refractivity contribution in [3.05, 3.63) is 35.8 Å². The predicted molar refractivity (Wildman–Crippen MR) is 56.6 cm³/mol. The zero-order valence-corrected chi connectivity index (χ0v) is 8.91. The molecule has 1 atom stereocenters. The van der Waals surface area contributed by atoms with Gasteiger partial charge >= 0.3 is 5.97 Å². The monoisotopic (exact) mass is 209 g/mol. The van der Waals surface area contributed by atoms with Crippen molar-refractivity contribution in [2.75, 3.05) is 6.54 Å². The molecular formula is C11H15NO3. The lowest BCUT2D eigenvalue weighted by atomic mass is 10.2. The molecular weight excluding hydrogens is 194 g/mol. The van der Waals surface area contributed by atoms with Gasteiger partial charge in [-0.05, 0) is 26.0 Å². The average Bonchev–Trinajstić information content (AvgIpc) is 2.60. The molecule has 1 rings (SSSR count). The van der Waals surface area contributed by atoms with Crippen molar-refractivity contribution in [2.24, 2.45) is 0 Å². The van der Waals surface area contributed by atoms with Gasteiger partial charge in [-0.2, -0.15) is 0 Å². The first-order chi connectivity index (χ1) is 7.00. The van der Waals surface area contributed by atoms with E-state index in [0.717, 1.165) is 11.5 Å². The van der Waals surface area contributed by atoms with Crippen molar-refractivity contribution in [1.29, 1.82) is 0 Å². The van der Waals surface area contributed by atoms with Crippen LogP contribution in [0, 0.1) is 6.92 Å². The van der Waals surface area contributed by atoms with Crippen LogP contribution in [0.25, 0.3) is 0 Å². The van der Waals surface area contributed by atoms with Crippen LogP contribution < -0.4 is 5.32 Å². The van der Waals surface area contributed by atoms with Gasteiger partial charge < -0.3 is 14.8 Å². The van der Waals surface area contributed by atoms with Crippen LogP contribution in [0.2, 0.25) is 0 Å². The third kappa shape index (κ3) is 3.25. The van der Waals surface area contributed by atoms with Crippen LogP contribution in [0.1, 0.15) is 24.5 Å². The second-order valence-corrected chi connectivity index (χ2v) is 3.46. The number of hydrogen-bond acceptors (Lipinski definition) is 3. The summed E-state index contributed by atoms with van der Waals surface area (Å²) in [4.78, 5) is 10.5. The van der Waals surface area contributed by atoms with E-state index >= 15 is 0 Å². The van der Waals surface area contributed by atoms with Gasteiger partial charge in [0.15, 0.2) is 0 Å². The van der Waals surface area contributed by atoms with Gasteiger partial charge in [-0.1, -0.05) is 6.58 Å². The van der Waals surface area contributed by atoms with Gasteiger partial charge in [0, 0.05) is 12.1 Å². The molecule has 82 valence electrons. The van der Waals surface area contributed by atoms with Gasteiger partial charge in [-0.15, -0.1) is 0 Å². The minimum absolute atomic E-state index is 0.0187. The van der Waals surface area contributed by atoms with E-state index in [9.17, 15) is 4.79 Å². The molecule has 0 saturated carbocycles. The number of nitrogens with one attached hydrogen (secondary N) is 1. The molecule has 0 spiro atoms. The Hall–Kier alpha value is -1.55. The molecule has 1 aromatic rings. The molecule has 0 saturated heterocycles. The van der Waals surface area contributed by atoms with Gasteiger partial charge in [-0.3, -0.25) is 0 Å². The minimum Gasteiger partial charge on any atom is -0.478 e. The smallest absolute Gasteiger partial charge is 0.332 e. The molecule has 0 aliphatic carbocycles. The second-order valence-electron chi connectivity index (χ2n) is 3.46. The lowest BCUT2D eigenvalue weighted by molar-refractivity contribution is -0.132. The first-order valence-corrected chi connectivity index (χ1v) is 4.71. The molecule has 0 amide bonds. The number of carbonyl (C=O) groups is 1. The van der Waals surface area contributed by atoms with Crippen LogP contribution >= 0.6 is 0 Å².